The molecule has 0 aliphatic heterocycles. The van der Waals surface area contributed by atoms with E-state index in [4.69, 9.17) is 38.0 Å². The van der Waals surface area contributed by atoms with E-state index in [9.17, 15) is 9.59 Å². The van der Waals surface area contributed by atoms with Crippen LogP contribution in [0.2, 0.25) is 5.02 Å². The lowest BCUT2D eigenvalue weighted by atomic mass is 9.75. The van der Waals surface area contributed by atoms with Crippen LogP contribution < -0.4 is 5.73 Å². The highest BCUT2D eigenvalue weighted by atomic mass is 35.5. The van der Waals surface area contributed by atoms with Gasteiger partial charge in [-0.15, -0.1) is 0 Å². The van der Waals surface area contributed by atoms with Crippen molar-refractivity contribution in [3.8, 4) is 12.5 Å². The van der Waals surface area contributed by atoms with Crippen LogP contribution in [0.4, 0.5) is 0 Å². The van der Waals surface area contributed by atoms with Gasteiger partial charge >= 0.3 is 5.97 Å². The molecule has 28 heavy (non-hydrogen) atoms. The Balaban J connectivity index is 2.62. The number of carbonyl (C=O) groups is 2. The molecule has 0 spiro atoms. The van der Waals surface area contributed by atoms with Gasteiger partial charge in [0.1, 0.15) is 12.7 Å². The van der Waals surface area contributed by atoms with Gasteiger partial charge in [0.05, 0.1) is 18.8 Å². The first-order chi connectivity index (χ1) is 13.5. The van der Waals surface area contributed by atoms with Gasteiger partial charge in [0.15, 0.2) is 0 Å². The van der Waals surface area contributed by atoms with E-state index in [1.807, 2.05) is 25.2 Å². The molecule has 0 heterocycles. The first-order valence-corrected chi connectivity index (χ1v) is 9.07. The van der Waals surface area contributed by atoms with Gasteiger partial charge < -0.3 is 19.9 Å². The second-order valence-electron chi connectivity index (χ2n) is 6.21. The highest BCUT2D eigenvalue weighted by Gasteiger charge is 2.36. The van der Waals surface area contributed by atoms with Crippen molar-refractivity contribution in [2.75, 3.05) is 26.4 Å². The molecule has 6 nitrogen and oxygen atoms in total. The van der Waals surface area contributed by atoms with Crippen LogP contribution in [0.25, 0.3) is 0 Å². The summed E-state index contributed by atoms with van der Waals surface area (Å²) < 4.78 is 15.5. The number of hydrogen-bond donors (Lipinski definition) is 1. The lowest BCUT2D eigenvalue weighted by Crippen LogP contribution is -2.26. The molecule has 1 aliphatic rings. The van der Waals surface area contributed by atoms with Crippen molar-refractivity contribution in [2.45, 2.75) is 19.3 Å². The van der Waals surface area contributed by atoms with Crippen LogP contribution in [-0.4, -0.2) is 38.8 Å². The first kappa shape index (κ1) is 21.7. The topological polar surface area (TPSA) is 87.8 Å². The lowest BCUT2D eigenvalue weighted by Gasteiger charge is -2.31. The molecular weight excluding hydrogens is 382 g/mol. The zero-order valence-corrected chi connectivity index (χ0v) is 16.3. The van der Waals surface area contributed by atoms with E-state index in [0.717, 1.165) is 16.7 Å². The minimum absolute atomic E-state index is 0.0228. The summed E-state index contributed by atoms with van der Waals surface area (Å²) in [7, 11) is 0. The minimum Gasteiger partial charge on any atom is -0.463 e. The highest BCUT2D eigenvalue weighted by molar-refractivity contribution is 6.31. The van der Waals surface area contributed by atoms with Crippen molar-refractivity contribution >= 4 is 24.0 Å². The summed E-state index contributed by atoms with van der Waals surface area (Å²) in [5, 5.41) is 0.471. The van der Waals surface area contributed by atoms with E-state index in [1.54, 1.807) is 12.1 Å². The molecular formula is C21H22ClNO5. The molecule has 148 valence electrons. The number of allylic oxidation sites excluding steroid dienone is 1. The molecule has 1 atom stereocenters. The van der Waals surface area contributed by atoms with Gasteiger partial charge in [0.25, 0.3) is 6.47 Å². The number of terminal acetylenes is 1. The van der Waals surface area contributed by atoms with Crippen LogP contribution in [0.1, 0.15) is 24.8 Å². The predicted octanol–water partition coefficient (Wildman–Crippen LogP) is 2.72. The third kappa shape index (κ3) is 5.02. The molecule has 1 unspecified atom stereocenters. The van der Waals surface area contributed by atoms with Gasteiger partial charge in [-0.3, -0.25) is 4.79 Å². The van der Waals surface area contributed by atoms with Crippen LogP contribution in [0, 0.1) is 12.5 Å². The van der Waals surface area contributed by atoms with E-state index in [1.165, 1.54) is 0 Å². The van der Waals surface area contributed by atoms with Gasteiger partial charge in [0.2, 0.25) is 0 Å². The van der Waals surface area contributed by atoms with Gasteiger partial charge in [-0.1, -0.05) is 41.8 Å². The standard InChI is InChI=1S/C21H22ClNO5/c1-3-28-21(25)19-15(11-26-9-8-23)10-14(2)17(12-27-13-24)20(19)16-6-4-5-7-18(16)22/h1,4-7,13,20H,8-12,23H2,2H3. The number of nitrogens with two attached hydrogens (primary N) is 1. The summed E-state index contributed by atoms with van der Waals surface area (Å²) in [5.41, 5.74) is 8.96. The van der Waals surface area contributed by atoms with Crippen molar-refractivity contribution in [1.29, 1.82) is 0 Å². The third-order valence-electron chi connectivity index (χ3n) is 4.48. The van der Waals surface area contributed by atoms with Crippen molar-refractivity contribution in [3.05, 3.63) is 57.1 Å². The SMILES string of the molecule is C#COC(=O)C1=C(COCCN)CC(C)=C(COC=O)C1c1ccccc1Cl. The van der Waals surface area contributed by atoms with Crippen molar-refractivity contribution in [2.24, 2.45) is 5.73 Å². The van der Waals surface area contributed by atoms with E-state index >= 15 is 0 Å². The summed E-state index contributed by atoms with van der Waals surface area (Å²) in [6.07, 6.45) is 7.57. The van der Waals surface area contributed by atoms with Crippen LogP contribution in [0.3, 0.4) is 0 Å². The smallest absolute Gasteiger partial charge is 0.348 e. The van der Waals surface area contributed by atoms with Gasteiger partial charge in [-0.2, -0.15) is 0 Å². The largest absolute Gasteiger partial charge is 0.463 e. The Hall–Kier alpha value is -2.59. The van der Waals surface area contributed by atoms with Crippen LogP contribution in [0.15, 0.2) is 46.6 Å². The molecule has 0 amide bonds. The number of hydrogen-bond acceptors (Lipinski definition) is 6. The number of carbonyl (C=O) groups excluding carboxylic acids is 2. The average molecular weight is 404 g/mol. The number of rotatable bonds is 9. The molecule has 2 N–H and O–H groups in total. The molecule has 2 rings (SSSR count). The second kappa shape index (κ2) is 10.7. The van der Waals surface area contributed by atoms with Gasteiger partial charge in [0, 0.05) is 17.5 Å². The molecule has 7 heteroatoms. The first-order valence-electron chi connectivity index (χ1n) is 8.69. The van der Waals surface area contributed by atoms with Crippen molar-refractivity contribution in [3.63, 3.8) is 0 Å². The van der Waals surface area contributed by atoms with Crippen molar-refractivity contribution in [1.82, 2.24) is 0 Å². The van der Waals surface area contributed by atoms with E-state index in [-0.39, 0.29) is 13.2 Å². The summed E-state index contributed by atoms with van der Waals surface area (Å²) in [5.74, 6) is -1.23. The Kier molecular flexibility index (Phi) is 8.27. The monoisotopic (exact) mass is 403 g/mol. The molecule has 0 radical (unpaired) electrons. The number of esters is 1. The number of benzene rings is 1. The Bertz CT molecular complexity index is 837. The molecule has 0 bridgehead atoms. The predicted molar refractivity (Wildman–Crippen MR) is 105 cm³/mol. The maximum atomic E-state index is 12.8. The molecule has 0 saturated heterocycles. The Labute approximate surface area is 169 Å². The zero-order chi connectivity index (χ0) is 20.5. The highest BCUT2D eigenvalue weighted by Crippen LogP contribution is 2.44. The maximum absolute atomic E-state index is 12.8. The van der Waals surface area contributed by atoms with Gasteiger partial charge in [-0.05, 0) is 36.1 Å². The second-order valence-corrected chi connectivity index (χ2v) is 6.62. The molecule has 1 aromatic rings. The maximum Gasteiger partial charge on any atom is 0.348 e. The van der Waals surface area contributed by atoms with E-state index in [0.29, 0.717) is 42.2 Å². The number of halogens is 1. The third-order valence-corrected chi connectivity index (χ3v) is 4.82. The number of ether oxygens (including phenoxy) is 3. The lowest BCUT2D eigenvalue weighted by molar-refractivity contribution is -0.132. The summed E-state index contributed by atoms with van der Waals surface area (Å²) >= 11 is 6.43. The van der Waals surface area contributed by atoms with E-state index < -0.39 is 11.9 Å². The molecule has 1 aromatic carbocycles. The molecule has 0 aromatic heterocycles. The van der Waals surface area contributed by atoms with Gasteiger partial charge in [-0.25, -0.2) is 4.79 Å². The Morgan fingerprint density at radius 1 is 1.39 bits per heavy atom. The summed E-state index contributed by atoms with van der Waals surface area (Å²) in [6, 6.07) is 7.15. The average Bonchev–Trinajstić information content (AvgIpc) is 2.67. The molecule has 0 saturated carbocycles. The summed E-state index contributed by atoms with van der Waals surface area (Å²) in [4.78, 5) is 23.6. The van der Waals surface area contributed by atoms with Crippen molar-refractivity contribution < 1.29 is 23.8 Å². The van der Waals surface area contributed by atoms with Crippen LogP contribution in [0.5, 0.6) is 0 Å². The zero-order valence-electron chi connectivity index (χ0n) is 15.6. The fourth-order valence-electron chi connectivity index (χ4n) is 3.31. The molecule has 0 fully saturated rings. The van der Waals surface area contributed by atoms with E-state index in [2.05, 4.69) is 0 Å². The van der Waals surface area contributed by atoms with Crippen LogP contribution >= 0.6 is 11.6 Å². The summed E-state index contributed by atoms with van der Waals surface area (Å²) in [6.45, 7) is 3.22. The minimum atomic E-state index is -0.658. The quantitative estimate of drug-likeness (QED) is 0.224. The van der Waals surface area contributed by atoms with Crippen LogP contribution in [-0.2, 0) is 23.8 Å². The fraction of sp³-hybridized carbons (Fsp3) is 0.333. The normalized spacial score (nSPS) is 16.6. The fourth-order valence-corrected chi connectivity index (χ4v) is 3.56. The Morgan fingerprint density at radius 3 is 2.79 bits per heavy atom. The molecule has 1 aliphatic carbocycles. The Morgan fingerprint density at radius 2 is 2.14 bits per heavy atom.